The maximum atomic E-state index is 10.4. The van der Waals surface area contributed by atoms with Gasteiger partial charge in [-0.1, -0.05) is 20.8 Å². The third-order valence-corrected chi connectivity index (χ3v) is 2.03. The van der Waals surface area contributed by atoms with Gasteiger partial charge in [0, 0.05) is 0 Å². The number of rotatable bonds is 2. The average Bonchev–Trinajstić information content (AvgIpc) is 2.48. The van der Waals surface area contributed by atoms with E-state index in [0.29, 0.717) is 5.76 Å². The summed E-state index contributed by atoms with van der Waals surface area (Å²) >= 11 is 0. The molecule has 0 unspecified atom stereocenters. The summed E-state index contributed by atoms with van der Waals surface area (Å²) in [5.74, 6) is 0.184. The standard InChI is InChI=1S/C9H14N2O3/c1-9(2,3)8(10)6-4-5-7(14-6)11(12)13/h4-5,8H,10H2,1-3H3/t8-/m1/s1. The van der Waals surface area contributed by atoms with E-state index in [4.69, 9.17) is 10.2 Å². The Labute approximate surface area is 82.0 Å². The van der Waals surface area contributed by atoms with Gasteiger partial charge in [-0.05, 0) is 11.5 Å². The Morgan fingerprint density at radius 2 is 2.07 bits per heavy atom. The predicted octanol–water partition coefficient (Wildman–Crippen LogP) is 2.23. The van der Waals surface area contributed by atoms with Crippen LogP contribution in [0, 0.1) is 15.5 Å². The summed E-state index contributed by atoms with van der Waals surface area (Å²) in [6.45, 7) is 5.85. The zero-order valence-electron chi connectivity index (χ0n) is 8.48. The minimum absolute atomic E-state index is 0.175. The molecule has 1 rings (SSSR count). The molecule has 1 atom stereocenters. The molecule has 0 radical (unpaired) electrons. The third kappa shape index (κ3) is 2.11. The van der Waals surface area contributed by atoms with Crippen LogP contribution in [-0.4, -0.2) is 4.92 Å². The normalized spacial score (nSPS) is 14.0. The second-order valence-corrected chi connectivity index (χ2v) is 4.28. The van der Waals surface area contributed by atoms with E-state index in [9.17, 15) is 10.1 Å². The van der Waals surface area contributed by atoms with Crippen LogP contribution in [0.15, 0.2) is 16.5 Å². The molecule has 0 aromatic carbocycles. The number of nitrogens with zero attached hydrogens (tertiary/aromatic N) is 1. The monoisotopic (exact) mass is 198 g/mol. The Morgan fingerprint density at radius 1 is 1.50 bits per heavy atom. The van der Waals surface area contributed by atoms with Crippen molar-refractivity contribution in [3.63, 3.8) is 0 Å². The van der Waals surface area contributed by atoms with Gasteiger partial charge in [-0.2, -0.15) is 0 Å². The van der Waals surface area contributed by atoms with Gasteiger partial charge in [0.1, 0.15) is 10.7 Å². The quantitative estimate of drug-likeness (QED) is 0.583. The van der Waals surface area contributed by atoms with Gasteiger partial charge in [-0.25, -0.2) is 0 Å². The number of hydrogen-bond acceptors (Lipinski definition) is 4. The van der Waals surface area contributed by atoms with Crippen LogP contribution < -0.4 is 5.73 Å². The summed E-state index contributed by atoms with van der Waals surface area (Å²) < 4.78 is 5.01. The van der Waals surface area contributed by atoms with E-state index in [2.05, 4.69) is 0 Å². The summed E-state index contributed by atoms with van der Waals surface area (Å²) in [4.78, 5) is 9.79. The molecule has 0 spiro atoms. The Kier molecular flexibility index (Phi) is 2.62. The lowest BCUT2D eigenvalue weighted by Crippen LogP contribution is -2.25. The number of nitrogens with two attached hydrogens (primary N) is 1. The van der Waals surface area contributed by atoms with Crippen LogP contribution >= 0.6 is 0 Å². The lowest BCUT2D eigenvalue weighted by Gasteiger charge is -2.24. The fraction of sp³-hybridized carbons (Fsp3) is 0.556. The van der Waals surface area contributed by atoms with Crippen LogP contribution in [0.25, 0.3) is 0 Å². The van der Waals surface area contributed by atoms with Crippen LogP contribution in [0.1, 0.15) is 32.6 Å². The summed E-state index contributed by atoms with van der Waals surface area (Å²) in [7, 11) is 0. The van der Waals surface area contributed by atoms with Crippen LogP contribution in [0.3, 0.4) is 0 Å². The highest BCUT2D eigenvalue weighted by Gasteiger charge is 2.26. The van der Waals surface area contributed by atoms with E-state index in [1.165, 1.54) is 6.07 Å². The fourth-order valence-electron chi connectivity index (χ4n) is 1.03. The van der Waals surface area contributed by atoms with Gasteiger partial charge < -0.3 is 10.2 Å². The van der Waals surface area contributed by atoms with Gasteiger partial charge in [-0.15, -0.1) is 0 Å². The van der Waals surface area contributed by atoms with E-state index in [0.717, 1.165) is 0 Å². The lowest BCUT2D eigenvalue weighted by atomic mass is 9.86. The smallest absolute Gasteiger partial charge is 0.404 e. The van der Waals surface area contributed by atoms with E-state index in [-0.39, 0.29) is 17.3 Å². The maximum Gasteiger partial charge on any atom is 0.433 e. The highest BCUT2D eigenvalue weighted by Crippen LogP contribution is 2.32. The molecule has 1 heterocycles. The van der Waals surface area contributed by atoms with Gasteiger partial charge in [-0.3, -0.25) is 10.1 Å². The Bertz CT molecular complexity index is 338. The van der Waals surface area contributed by atoms with E-state index in [1.807, 2.05) is 20.8 Å². The molecule has 2 N–H and O–H groups in total. The van der Waals surface area contributed by atoms with E-state index in [1.54, 1.807) is 6.07 Å². The van der Waals surface area contributed by atoms with Crippen molar-refractivity contribution >= 4 is 5.88 Å². The molecular formula is C9H14N2O3. The summed E-state index contributed by atoms with van der Waals surface area (Å²) in [6, 6.07) is 2.53. The van der Waals surface area contributed by atoms with Crippen molar-refractivity contribution in [2.45, 2.75) is 26.8 Å². The van der Waals surface area contributed by atoms with Crippen LogP contribution in [-0.2, 0) is 0 Å². The topological polar surface area (TPSA) is 82.3 Å². The van der Waals surface area contributed by atoms with E-state index >= 15 is 0 Å². The molecule has 0 aliphatic carbocycles. The first-order valence-electron chi connectivity index (χ1n) is 4.32. The molecule has 5 nitrogen and oxygen atoms in total. The Morgan fingerprint density at radius 3 is 2.43 bits per heavy atom. The molecule has 14 heavy (non-hydrogen) atoms. The van der Waals surface area contributed by atoms with Crippen molar-refractivity contribution in [1.29, 1.82) is 0 Å². The van der Waals surface area contributed by atoms with Crippen molar-refractivity contribution in [2.75, 3.05) is 0 Å². The van der Waals surface area contributed by atoms with Crippen LogP contribution in [0.5, 0.6) is 0 Å². The number of furan rings is 1. The highest BCUT2D eigenvalue weighted by molar-refractivity contribution is 5.20. The van der Waals surface area contributed by atoms with Crippen LogP contribution in [0.4, 0.5) is 5.88 Å². The molecule has 0 saturated carbocycles. The minimum Gasteiger partial charge on any atom is -0.404 e. The minimum atomic E-state index is -0.571. The zero-order valence-corrected chi connectivity index (χ0v) is 8.48. The maximum absolute atomic E-state index is 10.4. The largest absolute Gasteiger partial charge is 0.433 e. The second-order valence-electron chi connectivity index (χ2n) is 4.28. The van der Waals surface area contributed by atoms with Crippen molar-refractivity contribution in [3.05, 3.63) is 28.0 Å². The van der Waals surface area contributed by atoms with E-state index < -0.39 is 4.92 Å². The number of nitro groups is 1. The molecule has 5 heteroatoms. The van der Waals surface area contributed by atoms with Gasteiger partial charge in [0.25, 0.3) is 0 Å². The molecule has 0 amide bonds. The van der Waals surface area contributed by atoms with Crippen molar-refractivity contribution < 1.29 is 9.34 Å². The molecular weight excluding hydrogens is 184 g/mol. The predicted molar refractivity (Wildman–Crippen MR) is 51.7 cm³/mol. The lowest BCUT2D eigenvalue weighted by molar-refractivity contribution is -0.402. The fourth-order valence-corrected chi connectivity index (χ4v) is 1.03. The molecule has 1 aromatic heterocycles. The second kappa shape index (κ2) is 3.42. The van der Waals surface area contributed by atoms with Gasteiger partial charge in [0.2, 0.25) is 0 Å². The Hall–Kier alpha value is -1.36. The van der Waals surface area contributed by atoms with Crippen molar-refractivity contribution in [2.24, 2.45) is 11.1 Å². The summed E-state index contributed by atoms with van der Waals surface area (Å²) in [5.41, 5.74) is 5.69. The third-order valence-electron chi connectivity index (χ3n) is 2.03. The Balaban J connectivity index is 2.92. The first-order chi connectivity index (χ1) is 6.32. The summed E-state index contributed by atoms with van der Waals surface area (Å²) in [6.07, 6.45) is 0. The highest BCUT2D eigenvalue weighted by atomic mass is 16.6. The van der Waals surface area contributed by atoms with Crippen LogP contribution in [0.2, 0.25) is 0 Å². The first kappa shape index (κ1) is 10.7. The van der Waals surface area contributed by atoms with Gasteiger partial charge >= 0.3 is 5.88 Å². The zero-order chi connectivity index (χ0) is 10.9. The first-order valence-corrected chi connectivity index (χ1v) is 4.32. The number of hydrogen-bond donors (Lipinski definition) is 1. The molecule has 0 bridgehead atoms. The summed E-state index contributed by atoms with van der Waals surface area (Å²) in [5, 5.41) is 10.4. The van der Waals surface area contributed by atoms with Crippen molar-refractivity contribution in [1.82, 2.24) is 0 Å². The average molecular weight is 198 g/mol. The molecule has 0 fully saturated rings. The van der Waals surface area contributed by atoms with Gasteiger partial charge in [0.15, 0.2) is 0 Å². The van der Waals surface area contributed by atoms with Crippen molar-refractivity contribution in [3.8, 4) is 0 Å². The molecule has 0 aliphatic rings. The SMILES string of the molecule is CC(C)(C)[C@H](N)c1ccc([N+](=O)[O-])o1. The van der Waals surface area contributed by atoms with Gasteiger partial charge in [0.05, 0.1) is 12.1 Å². The molecule has 0 aliphatic heterocycles. The molecule has 78 valence electrons. The molecule has 1 aromatic rings. The molecule has 0 saturated heterocycles.